The molecule has 6 aromatic heterocycles. The Morgan fingerprint density at radius 3 is 0.664 bits per heavy atom. The fraction of sp³-hybridized carbons (Fsp3) is 0.500. The number of methoxy groups -OCH3 is 2. The van der Waals surface area contributed by atoms with Gasteiger partial charge in [0, 0.05) is 48.6 Å². The first-order valence-electron chi connectivity index (χ1n) is 36.7. The molecule has 0 radical (unpaired) electrons. The van der Waals surface area contributed by atoms with Crippen molar-refractivity contribution in [2.75, 3.05) is 14.2 Å². The molecular formula is C72H88F6N14O18S6. The molecule has 0 bridgehead atoms. The Morgan fingerprint density at radius 2 is 0.491 bits per heavy atom. The number of ether oxygens (including phenoxy) is 2. The van der Waals surface area contributed by atoms with Crippen LogP contribution in [0.25, 0.3) is 0 Å². The first-order valence-corrected chi connectivity index (χ1v) is 45.8. The molecule has 32 nitrogen and oxygen atoms in total. The number of benzene rings is 2. The van der Waals surface area contributed by atoms with Gasteiger partial charge < -0.3 is 9.47 Å². The predicted molar refractivity (Wildman–Crippen MR) is 407 cm³/mol. The van der Waals surface area contributed by atoms with E-state index in [1.165, 1.54) is 0 Å². The van der Waals surface area contributed by atoms with Gasteiger partial charge in [0.2, 0.25) is 20.0 Å². The highest BCUT2D eigenvalue weighted by Crippen LogP contribution is 2.42. The molecule has 6 N–H and O–H groups in total. The highest BCUT2D eigenvalue weighted by molar-refractivity contribution is 7.90. The second kappa shape index (κ2) is 40.3. The normalized spacial score (nSPS) is 23.4. The maximum atomic E-state index is 13.0. The lowest BCUT2D eigenvalue weighted by Crippen LogP contribution is -2.36. The van der Waals surface area contributed by atoms with Gasteiger partial charge in [-0.15, -0.1) is 0 Å². The standard InChI is InChI=1S/2C18H22FN3O3S.4C9H11FN2O3S/c2*1-12-8-15(25-2)7-6-13(12)9-22-26(23,24)17-5-3-4-16(17)18-20-10-14(19)11-21-18;4*10-6-4-11-9(12-5-6)7-2-1-3-8(7)16(13,14)15/h2*6-8,10-11,16-17,22H,3-5,9H2,1-2H3;4*4-5,7-8H,1-3H2,(H,13,14,15)/t2*16-,17-;2*7-,8+;2*7-,8-/m101010/s1. The van der Waals surface area contributed by atoms with E-state index in [1.54, 1.807) is 26.4 Å². The van der Waals surface area contributed by atoms with Crippen molar-refractivity contribution in [2.45, 2.75) is 210 Å². The van der Waals surface area contributed by atoms with Crippen molar-refractivity contribution < 1.29 is 105 Å². The van der Waals surface area contributed by atoms with Crippen LogP contribution in [0.1, 0.15) is 208 Å². The molecule has 6 aliphatic carbocycles. The molecule has 12 atom stereocenters. The quantitative estimate of drug-likeness (QED) is 0.0305. The smallest absolute Gasteiger partial charge is 0.268 e. The van der Waals surface area contributed by atoms with E-state index in [2.05, 4.69) is 69.3 Å². The Labute approximate surface area is 668 Å². The minimum absolute atomic E-state index is 0.214. The molecule has 0 aliphatic heterocycles. The van der Waals surface area contributed by atoms with E-state index in [-0.39, 0.29) is 48.2 Å². The maximum absolute atomic E-state index is 13.0. The van der Waals surface area contributed by atoms with Crippen LogP contribution in [0.5, 0.6) is 11.5 Å². The lowest BCUT2D eigenvalue weighted by Gasteiger charge is -2.19. The Hall–Kier alpha value is -8.44. The lowest BCUT2D eigenvalue weighted by molar-refractivity contribution is 0.414. The number of rotatable bonds is 20. The summed E-state index contributed by atoms with van der Waals surface area (Å²) < 4.78 is 269. The van der Waals surface area contributed by atoms with Crippen molar-refractivity contribution in [1.82, 2.24) is 69.3 Å². The molecule has 632 valence electrons. The van der Waals surface area contributed by atoms with Gasteiger partial charge in [-0.2, -0.15) is 33.7 Å². The first kappa shape index (κ1) is 91.5. The van der Waals surface area contributed by atoms with Gasteiger partial charge in [0.15, 0.2) is 34.9 Å². The van der Waals surface area contributed by atoms with E-state index < -0.39 is 151 Å². The summed E-state index contributed by atoms with van der Waals surface area (Å²) >= 11 is 0. The molecule has 8 aromatic rings. The Balaban J connectivity index is 0.000000161. The summed E-state index contributed by atoms with van der Waals surface area (Å²) in [4.78, 5) is 46.0. The van der Waals surface area contributed by atoms with Crippen LogP contribution >= 0.6 is 0 Å². The van der Waals surface area contributed by atoms with Gasteiger partial charge in [0.1, 0.15) is 46.4 Å². The number of nitrogens with zero attached hydrogens (tertiary/aromatic N) is 12. The molecule has 6 aliphatic rings. The van der Waals surface area contributed by atoms with Crippen molar-refractivity contribution in [1.29, 1.82) is 0 Å². The summed E-state index contributed by atoms with van der Waals surface area (Å²) in [5, 5.41) is -4.66. The molecule has 116 heavy (non-hydrogen) atoms. The fourth-order valence-electron chi connectivity index (χ4n) is 15.1. The number of aryl methyl sites for hydroxylation is 2. The average Bonchev–Trinajstić information content (AvgIpc) is 2.00. The molecule has 2 aromatic carbocycles. The van der Waals surface area contributed by atoms with Gasteiger partial charge in [0.25, 0.3) is 40.5 Å². The van der Waals surface area contributed by atoms with E-state index in [0.717, 1.165) is 121 Å². The van der Waals surface area contributed by atoms with Crippen molar-refractivity contribution in [3.63, 3.8) is 0 Å². The highest BCUT2D eigenvalue weighted by Gasteiger charge is 2.45. The number of aromatic nitrogens is 12. The Morgan fingerprint density at radius 1 is 0.310 bits per heavy atom. The van der Waals surface area contributed by atoms with Gasteiger partial charge in [-0.05, 0) is 137 Å². The van der Waals surface area contributed by atoms with E-state index >= 15 is 0 Å². The number of sulfonamides is 2. The molecule has 0 saturated heterocycles. The summed E-state index contributed by atoms with van der Waals surface area (Å²) in [6.07, 6.45) is 23.0. The van der Waals surface area contributed by atoms with Crippen molar-refractivity contribution in [2.24, 2.45) is 0 Å². The third-order valence-electron chi connectivity index (χ3n) is 20.9. The van der Waals surface area contributed by atoms with Gasteiger partial charge in [-0.3, -0.25) is 18.2 Å². The summed E-state index contributed by atoms with van der Waals surface area (Å²) in [6.45, 7) is 4.26. The zero-order valence-electron chi connectivity index (χ0n) is 63.1. The number of hydrogen-bond acceptors (Lipinski definition) is 26. The van der Waals surface area contributed by atoms with Crippen molar-refractivity contribution in [3.8, 4) is 11.5 Å². The lowest BCUT2D eigenvalue weighted by atomic mass is 10.1. The van der Waals surface area contributed by atoms with Gasteiger partial charge in [-0.25, -0.2) is 112 Å². The van der Waals surface area contributed by atoms with Crippen LogP contribution in [-0.4, -0.2) is 174 Å². The molecule has 0 unspecified atom stereocenters. The molecule has 6 fully saturated rings. The zero-order valence-corrected chi connectivity index (χ0v) is 67.9. The molecular weight excluding hydrogens is 1660 g/mol. The molecule has 44 heteroatoms. The second-order valence-corrected chi connectivity index (χ2v) is 38.9. The van der Waals surface area contributed by atoms with Crippen LogP contribution in [0.4, 0.5) is 26.3 Å². The van der Waals surface area contributed by atoms with Crippen LogP contribution < -0.4 is 18.9 Å². The average molecular weight is 1740 g/mol. The summed E-state index contributed by atoms with van der Waals surface area (Å²) in [5.41, 5.74) is 3.69. The fourth-order valence-corrected chi connectivity index (χ4v) is 23.2. The van der Waals surface area contributed by atoms with Crippen LogP contribution in [0.2, 0.25) is 0 Å². The summed E-state index contributed by atoms with van der Waals surface area (Å²) in [7, 11) is -20.3. The van der Waals surface area contributed by atoms with Gasteiger partial charge in [-0.1, -0.05) is 50.7 Å². The van der Waals surface area contributed by atoms with Crippen LogP contribution in [0, 0.1) is 48.8 Å². The SMILES string of the molecule is COc1ccc(CNS(=O)(=O)[C@@H]2CCC[C@H]2c2ncc(F)cn2)c(C)c1.COc1ccc(CNS(=O)(=O)[C@H]2CCC[C@@H]2c2ncc(F)cn2)c(C)c1.O=S(=O)(O)[C@@H]1CCC[C@@H]1c1ncc(F)cn1.O=S(=O)(O)[C@@H]1CCC[C@H]1c1ncc(F)cn1.O=S(=O)(O)[C@H]1CCC[C@@H]1c1ncc(F)cn1.O=S(=O)(O)[C@H]1CCC[C@H]1c1ncc(F)cn1. The minimum Gasteiger partial charge on any atom is -0.497 e. The predicted octanol–water partition coefficient (Wildman–Crippen LogP) is 9.94. The molecule has 0 spiro atoms. The third-order valence-corrected chi connectivity index (χ3v) is 30.0. The molecule has 14 rings (SSSR count). The summed E-state index contributed by atoms with van der Waals surface area (Å²) in [6, 6.07) is 11.1. The minimum atomic E-state index is -4.08. The van der Waals surface area contributed by atoms with E-state index in [9.17, 15) is 76.8 Å². The largest absolute Gasteiger partial charge is 0.497 e. The molecule has 6 heterocycles. The van der Waals surface area contributed by atoms with Gasteiger partial charge in [0.05, 0.1) is 120 Å². The van der Waals surface area contributed by atoms with Crippen molar-refractivity contribution in [3.05, 3.63) is 203 Å². The number of hydrogen-bond donors (Lipinski definition) is 6. The molecule has 6 saturated carbocycles. The van der Waals surface area contributed by atoms with Crippen LogP contribution in [0.3, 0.4) is 0 Å². The van der Waals surface area contributed by atoms with E-state index in [1.807, 2.05) is 38.1 Å². The van der Waals surface area contributed by atoms with Crippen LogP contribution in [-0.2, 0) is 73.6 Å². The zero-order chi connectivity index (χ0) is 84.5. The van der Waals surface area contributed by atoms with Crippen LogP contribution in [0.15, 0.2) is 111 Å². The second-order valence-electron chi connectivity index (χ2n) is 28.4. The first-order chi connectivity index (χ1) is 54.7. The maximum Gasteiger partial charge on any atom is 0.268 e. The van der Waals surface area contributed by atoms with Gasteiger partial charge >= 0.3 is 0 Å². The Bertz CT molecular complexity index is 4810. The topological polar surface area (TPSA) is 483 Å². The Kier molecular flexibility index (Phi) is 31.8. The monoisotopic (exact) mass is 1740 g/mol. The van der Waals surface area contributed by atoms with E-state index in [0.29, 0.717) is 114 Å². The molecule has 0 amide bonds. The summed E-state index contributed by atoms with van der Waals surface area (Å²) in [5.74, 6) is -2.32. The number of nitrogens with one attached hydrogen (secondary N) is 2. The highest BCUT2D eigenvalue weighted by atomic mass is 32.2. The number of halogens is 6. The third kappa shape index (κ3) is 25.3. The van der Waals surface area contributed by atoms with E-state index in [4.69, 9.17) is 27.7 Å². The van der Waals surface area contributed by atoms with Crippen molar-refractivity contribution >= 4 is 60.5 Å².